The summed E-state index contributed by atoms with van der Waals surface area (Å²) in [5.41, 5.74) is 3.48. The lowest BCUT2D eigenvalue weighted by Gasteiger charge is -2.17. The highest BCUT2D eigenvalue weighted by Gasteiger charge is 2.15. The van der Waals surface area contributed by atoms with E-state index in [4.69, 9.17) is 0 Å². The summed E-state index contributed by atoms with van der Waals surface area (Å²) >= 11 is 0. The lowest BCUT2D eigenvalue weighted by atomic mass is 10.2. The Morgan fingerprint density at radius 2 is 2.09 bits per heavy atom. The molecule has 0 radical (unpaired) electrons. The Hall–Kier alpha value is -2.50. The minimum Gasteiger partial charge on any atom is -0.350 e. The van der Waals surface area contributed by atoms with Crippen molar-refractivity contribution in [3.05, 3.63) is 47.4 Å². The molecule has 1 aromatic carbocycles. The largest absolute Gasteiger partial charge is 0.350 e. The van der Waals surface area contributed by atoms with Gasteiger partial charge in [-0.25, -0.2) is 19.3 Å². The zero-order valence-electron chi connectivity index (χ0n) is 12.9. The maximum atomic E-state index is 14.3. The van der Waals surface area contributed by atoms with E-state index >= 15 is 0 Å². The van der Waals surface area contributed by atoms with E-state index in [1.807, 2.05) is 32.0 Å². The second kappa shape index (κ2) is 5.71. The first-order valence-electron chi connectivity index (χ1n) is 7.25. The molecule has 5 nitrogen and oxygen atoms in total. The Morgan fingerprint density at radius 3 is 2.82 bits per heavy atom. The number of imidazole rings is 1. The van der Waals surface area contributed by atoms with E-state index in [0.717, 1.165) is 22.4 Å². The molecule has 6 heteroatoms. The average molecular weight is 299 g/mol. The number of anilines is 1. The number of nitrogens with zero attached hydrogens (tertiary/aromatic N) is 4. The molecule has 0 saturated heterocycles. The van der Waals surface area contributed by atoms with Gasteiger partial charge in [0.1, 0.15) is 12.2 Å². The van der Waals surface area contributed by atoms with Crippen LogP contribution in [0.15, 0.2) is 24.5 Å². The van der Waals surface area contributed by atoms with Crippen LogP contribution < -0.4 is 4.90 Å². The van der Waals surface area contributed by atoms with Gasteiger partial charge in [0.25, 0.3) is 0 Å². The molecule has 22 heavy (non-hydrogen) atoms. The molecule has 1 N–H and O–H groups in total. The van der Waals surface area contributed by atoms with E-state index in [1.165, 1.54) is 6.33 Å². The minimum absolute atomic E-state index is 0.295. The van der Waals surface area contributed by atoms with Gasteiger partial charge in [-0.1, -0.05) is 19.1 Å². The summed E-state index contributed by atoms with van der Waals surface area (Å²) in [6.45, 7) is 4.34. The molecule has 2 heterocycles. The van der Waals surface area contributed by atoms with Crippen LogP contribution in [0.5, 0.6) is 0 Å². The van der Waals surface area contributed by atoms with Gasteiger partial charge in [0.2, 0.25) is 0 Å². The van der Waals surface area contributed by atoms with Crippen LogP contribution in [0.2, 0.25) is 0 Å². The predicted octanol–water partition coefficient (Wildman–Crippen LogP) is 3.00. The fraction of sp³-hybridized carbons (Fsp3) is 0.312. The Morgan fingerprint density at radius 1 is 1.27 bits per heavy atom. The third-order valence-corrected chi connectivity index (χ3v) is 3.69. The minimum atomic E-state index is -0.361. The number of aryl methyl sites for hydroxylation is 2. The molecular weight excluding hydrogens is 281 g/mol. The maximum absolute atomic E-state index is 14.3. The van der Waals surface area contributed by atoms with Gasteiger partial charge in [-0.3, -0.25) is 0 Å². The number of para-hydroxylation sites is 1. The third-order valence-electron chi connectivity index (χ3n) is 3.69. The van der Waals surface area contributed by atoms with Gasteiger partial charge in [0.05, 0.1) is 23.3 Å². The Bertz CT molecular complexity index is 811. The van der Waals surface area contributed by atoms with Crippen LogP contribution in [0.25, 0.3) is 11.0 Å². The summed E-state index contributed by atoms with van der Waals surface area (Å²) in [5, 5.41) is 0. The first kappa shape index (κ1) is 14.4. The highest BCUT2D eigenvalue weighted by Crippen LogP contribution is 2.20. The highest BCUT2D eigenvalue weighted by molar-refractivity contribution is 5.78. The van der Waals surface area contributed by atoms with E-state index in [-0.39, 0.29) is 5.82 Å². The van der Waals surface area contributed by atoms with Gasteiger partial charge < -0.3 is 9.88 Å². The topological polar surface area (TPSA) is 57.7 Å². The predicted molar refractivity (Wildman–Crippen MR) is 84.3 cm³/mol. The summed E-state index contributed by atoms with van der Waals surface area (Å²) in [4.78, 5) is 17.6. The molecule has 3 rings (SSSR count). The lowest BCUT2D eigenvalue weighted by Crippen LogP contribution is -2.21. The number of hydrogen-bond donors (Lipinski definition) is 1. The van der Waals surface area contributed by atoms with Gasteiger partial charge in [0.15, 0.2) is 11.6 Å². The summed E-state index contributed by atoms with van der Waals surface area (Å²) in [7, 11) is 1.80. The normalized spacial score (nSPS) is 11.1. The van der Waals surface area contributed by atoms with Crippen LogP contribution in [0, 0.1) is 12.7 Å². The van der Waals surface area contributed by atoms with Crippen molar-refractivity contribution >= 4 is 16.9 Å². The number of hydrogen-bond acceptors (Lipinski definition) is 4. The molecule has 0 bridgehead atoms. The molecule has 3 aromatic rings. The van der Waals surface area contributed by atoms with Gasteiger partial charge in [-0.05, 0) is 25.0 Å². The molecule has 0 saturated carbocycles. The first-order valence-corrected chi connectivity index (χ1v) is 7.25. The van der Waals surface area contributed by atoms with Crippen molar-refractivity contribution in [2.24, 2.45) is 0 Å². The summed E-state index contributed by atoms with van der Waals surface area (Å²) in [6, 6.07) is 5.99. The monoisotopic (exact) mass is 299 g/mol. The maximum Gasteiger partial charge on any atom is 0.187 e. The van der Waals surface area contributed by atoms with E-state index in [1.54, 1.807) is 11.9 Å². The zero-order chi connectivity index (χ0) is 15.7. The van der Waals surface area contributed by atoms with Crippen molar-refractivity contribution in [2.45, 2.75) is 26.8 Å². The number of benzene rings is 1. The number of H-pyrrole nitrogens is 1. The molecule has 0 atom stereocenters. The summed E-state index contributed by atoms with van der Waals surface area (Å²) in [5.74, 6) is 0.715. The number of aromatic amines is 1. The van der Waals surface area contributed by atoms with Crippen molar-refractivity contribution in [2.75, 3.05) is 11.9 Å². The molecule has 0 unspecified atom stereocenters. The quantitative estimate of drug-likeness (QED) is 0.804. The zero-order valence-corrected chi connectivity index (χ0v) is 12.9. The van der Waals surface area contributed by atoms with Crippen molar-refractivity contribution < 1.29 is 4.39 Å². The van der Waals surface area contributed by atoms with Crippen LogP contribution in [0.4, 0.5) is 10.2 Å². The number of nitrogens with one attached hydrogen (secondary N) is 1. The highest BCUT2D eigenvalue weighted by atomic mass is 19.1. The fourth-order valence-electron chi connectivity index (χ4n) is 2.51. The van der Waals surface area contributed by atoms with Gasteiger partial charge in [-0.15, -0.1) is 0 Å². The van der Waals surface area contributed by atoms with Gasteiger partial charge >= 0.3 is 0 Å². The molecule has 114 valence electrons. The van der Waals surface area contributed by atoms with Crippen LogP contribution in [0.3, 0.4) is 0 Å². The molecule has 0 aliphatic carbocycles. The number of rotatable bonds is 4. The molecular formula is C16H18FN5. The number of fused-ring (bicyclic) bond motifs is 1. The second-order valence-electron chi connectivity index (χ2n) is 5.32. The molecule has 0 aliphatic rings. The van der Waals surface area contributed by atoms with Crippen LogP contribution in [-0.4, -0.2) is 27.0 Å². The van der Waals surface area contributed by atoms with E-state index in [0.29, 0.717) is 24.5 Å². The Labute approximate surface area is 128 Å². The third kappa shape index (κ3) is 2.52. The first-order chi connectivity index (χ1) is 10.6. The number of halogens is 1. The van der Waals surface area contributed by atoms with Gasteiger partial charge in [0, 0.05) is 7.05 Å². The molecule has 2 aromatic heterocycles. The van der Waals surface area contributed by atoms with Crippen LogP contribution in [0.1, 0.15) is 24.0 Å². The summed E-state index contributed by atoms with van der Waals surface area (Å²) < 4.78 is 14.3. The Balaban J connectivity index is 1.90. The van der Waals surface area contributed by atoms with E-state index in [2.05, 4.69) is 19.9 Å². The van der Waals surface area contributed by atoms with Crippen molar-refractivity contribution in [1.82, 2.24) is 19.9 Å². The van der Waals surface area contributed by atoms with Crippen molar-refractivity contribution in [3.63, 3.8) is 0 Å². The lowest BCUT2D eigenvalue weighted by molar-refractivity contribution is 0.587. The van der Waals surface area contributed by atoms with E-state index in [9.17, 15) is 4.39 Å². The van der Waals surface area contributed by atoms with Crippen LogP contribution in [-0.2, 0) is 13.0 Å². The van der Waals surface area contributed by atoms with Gasteiger partial charge in [-0.2, -0.15) is 0 Å². The van der Waals surface area contributed by atoms with Crippen LogP contribution >= 0.6 is 0 Å². The average Bonchev–Trinajstić information content (AvgIpc) is 2.91. The van der Waals surface area contributed by atoms with E-state index < -0.39 is 0 Å². The number of aromatic nitrogens is 4. The Kier molecular flexibility index (Phi) is 3.75. The van der Waals surface area contributed by atoms with Crippen molar-refractivity contribution in [3.8, 4) is 0 Å². The SMILES string of the molecule is CCc1ncnc(N(C)Cc2nc3c(C)cccc3[nH]2)c1F. The molecule has 0 amide bonds. The molecule has 0 aliphatic heterocycles. The molecule has 0 spiro atoms. The molecule has 0 fully saturated rings. The van der Waals surface area contributed by atoms with Crippen molar-refractivity contribution in [1.29, 1.82) is 0 Å². The smallest absolute Gasteiger partial charge is 0.187 e. The standard InChI is InChI=1S/C16H18FN5/c1-4-11-14(17)16(19-9-18-11)22(3)8-13-20-12-7-5-6-10(2)15(12)21-13/h5-7,9H,4,8H2,1-3H3,(H,20,21). The summed E-state index contributed by atoms with van der Waals surface area (Å²) in [6.07, 6.45) is 1.94. The fourth-order valence-corrected chi connectivity index (χ4v) is 2.51. The second-order valence-corrected chi connectivity index (χ2v) is 5.32.